The summed E-state index contributed by atoms with van der Waals surface area (Å²) in [5.74, 6) is 1.08. The fourth-order valence-corrected chi connectivity index (χ4v) is 3.92. The molecule has 0 aliphatic heterocycles. The SMILES string of the molecule is CCC(C)CS(=O)(=O)C(C)C(N)c1ccc(OC)cc1. The maximum absolute atomic E-state index is 12.3. The Morgan fingerprint density at radius 3 is 2.20 bits per heavy atom. The third kappa shape index (κ3) is 4.21. The van der Waals surface area contributed by atoms with Crippen LogP contribution in [-0.2, 0) is 9.84 Å². The Labute approximate surface area is 122 Å². The smallest absolute Gasteiger partial charge is 0.155 e. The van der Waals surface area contributed by atoms with E-state index in [9.17, 15) is 8.42 Å². The van der Waals surface area contributed by atoms with Crippen molar-refractivity contribution in [3.05, 3.63) is 29.8 Å². The standard InChI is InChI=1S/C15H25NO3S/c1-5-11(2)10-20(17,18)12(3)15(16)13-6-8-14(19-4)9-7-13/h6-9,11-12,15H,5,10,16H2,1-4H3. The third-order valence-electron chi connectivity index (χ3n) is 3.79. The van der Waals surface area contributed by atoms with Crippen LogP contribution in [0.15, 0.2) is 24.3 Å². The highest BCUT2D eigenvalue weighted by atomic mass is 32.2. The number of ether oxygens (including phenoxy) is 1. The van der Waals surface area contributed by atoms with E-state index >= 15 is 0 Å². The largest absolute Gasteiger partial charge is 0.497 e. The minimum Gasteiger partial charge on any atom is -0.497 e. The van der Waals surface area contributed by atoms with E-state index in [0.717, 1.165) is 17.7 Å². The lowest BCUT2D eigenvalue weighted by Gasteiger charge is -2.22. The molecular formula is C15H25NO3S. The van der Waals surface area contributed by atoms with Gasteiger partial charge in [-0.3, -0.25) is 0 Å². The van der Waals surface area contributed by atoms with Crippen LogP contribution in [0.5, 0.6) is 5.75 Å². The third-order valence-corrected chi connectivity index (χ3v) is 6.25. The van der Waals surface area contributed by atoms with Crippen molar-refractivity contribution in [3.63, 3.8) is 0 Å². The normalized spacial score (nSPS) is 16.4. The molecule has 0 saturated heterocycles. The molecule has 5 heteroatoms. The van der Waals surface area contributed by atoms with Crippen molar-refractivity contribution < 1.29 is 13.2 Å². The molecule has 0 saturated carbocycles. The van der Waals surface area contributed by atoms with Crippen molar-refractivity contribution in [2.45, 2.75) is 38.5 Å². The van der Waals surface area contributed by atoms with E-state index in [-0.39, 0.29) is 11.7 Å². The van der Waals surface area contributed by atoms with E-state index in [0.29, 0.717) is 0 Å². The second kappa shape index (κ2) is 7.09. The van der Waals surface area contributed by atoms with E-state index in [1.165, 1.54) is 0 Å². The van der Waals surface area contributed by atoms with Crippen molar-refractivity contribution in [1.82, 2.24) is 0 Å². The van der Waals surface area contributed by atoms with Crippen LogP contribution >= 0.6 is 0 Å². The van der Waals surface area contributed by atoms with Gasteiger partial charge in [-0.15, -0.1) is 0 Å². The average molecular weight is 299 g/mol. The van der Waals surface area contributed by atoms with Crippen molar-refractivity contribution in [2.24, 2.45) is 11.7 Å². The van der Waals surface area contributed by atoms with E-state index < -0.39 is 21.1 Å². The van der Waals surface area contributed by atoms with Crippen molar-refractivity contribution >= 4 is 9.84 Å². The van der Waals surface area contributed by atoms with Gasteiger partial charge in [-0.1, -0.05) is 32.4 Å². The summed E-state index contributed by atoms with van der Waals surface area (Å²) in [6, 6.07) is 6.71. The number of nitrogens with two attached hydrogens (primary N) is 1. The number of sulfone groups is 1. The Kier molecular flexibility index (Phi) is 6.02. The van der Waals surface area contributed by atoms with Gasteiger partial charge >= 0.3 is 0 Å². The van der Waals surface area contributed by atoms with Gasteiger partial charge in [0, 0.05) is 6.04 Å². The van der Waals surface area contributed by atoms with Gasteiger partial charge in [-0.25, -0.2) is 8.42 Å². The molecule has 1 rings (SSSR count). The highest BCUT2D eigenvalue weighted by Crippen LogP contribution is 2.24. The molecule has 0 aliphatic rings. The molecule has 0 fully saturated rings. The predicted molar refractivity (Wildman–Crippen MR) is 82.6 cm³/mol. The summed E-state index contributed by atoms with van der Waals surface area (Å²) in [5.41, 5.74) is 6.92. The van der Waals surface area contributed by atoms with Crippen LogP contribution in [-0.4, -0.2) is 26.5 Å². The Bertz CT molecular complexity index is 510. The first-order valence-electron chi connectivity index (χ1n) is 6.93. The Hall–Kier alpha value is -1.07. The molecule has 0 heterocycles. The molecule has 114 valence electrons. The zero-order valence-electron chi connectivity index (χ0n) is 12.7. The van der Waals surface area contributed by atoms with Crippen molar-refractivity contribution in [2.75, 3.05) is 12.9 Å². The summed E-state index contributed by atoms with van der Waals surface area (Å²) in [6.45, 7) is 5.63. The molecule has 1 aromatic rings. The van der Waals surface area contributed by atoms with Gasteiger partial charge in [0.05, 0.1) is 18.1 Å². The molecule has 0 aromatic heterocycles. The van der Waals surface area contributed by atoms with Crippen LogP contribution < -0.4 is 10.5 Å². The fraction of sp³-hybridized carbons (Fsp3) is 0.600. The quantitative estimate of drug-likeness (QED) is 0.840. The van der Waals surface area contributed by atoms with E-state index in [4.69, 9.17) is 10.5 Å². The van der Waals surface area contributed by atoms with Gasteiger partial charge < -0.3 is 10.5 Å². The second-order valence-corrected chi connectivity index (χ2v) is 7.75. The van der Waals surface area contributed by atoms with Crippen LogP contribution in [0.2, 0.25) is 0 Å². The summed E-state index contributed by atoms with van der Waals surface area (Å²) < 4.78 is 29.8. The average Bonchev–Trinajstić information content (AvgIpc) is 2.45. The first-order valence-corrected chi connectivity index (χ1v) is 8.64. The summed E-state index contributed by atoms with van der Waals surface area (Å²) in [7, 11) is -1.60. The van der Waals surface area contributed by atoms with Gasteiger partial charge in [-0.05, 0) is 30.5 Å². The topological polar surface area (TPSA) is 69.4 Å². The Morgan fingerprint density at radius 1 is 1.20 bits per heavy atom. The number of methoxy groups -OCH3 is 1. The Morgan fingerprint density at radius 2 is 1.75 bits per heavy atom. The maximum Gasteiger partial charge on any atom is 0.155 e. The molecule has 0 aliphatic carbocycles. The van der Waals surface area contributed by atoms with Gasteiger partial charge in [0.2, 0.25) is 0 Å². The Balaban J connectivity index is 2.86. The predicted octanol–water partition coefficient (Wildman–Crippen LogP) is 2.54. The van der Waals surface area contributed by atoms with Crippen molar-refractivity contribution in [3.8, 4) is 5.75 Å². The van der Waals surface area contributed by atoms with Gasteiger partial charge in [-0.2, -0.15) is 0 Å². The number of benzene rings is 1. The summed E-state index contributed by atoms with van der Waals surface area (Å²) in [5, 5.41) is -0.593. The number of rotatable bonds is 7. The highest BCUT2D eigenvalue weighted by molar-refractivity contribution is 7.92. The zero-order valence-corrected chi connectivity index (χ0v) is 13.5. The minimum atomic E-state index is -3.19. The maximum atomic E-state index is 12.3. The molecule has 0 bridgehead atoms. The molecule has 3 atom stereocenters. The molecule has 20 heavy (non-hydrogen) atoms. The molecule has 3 unspecified atom stereocenters. The molecule has 4 nitrogen and oxygen atoms in total. The van der Waals surface area contributed by atoms with Crippen molar-refractivity contribution in [1.29, 1.82) is 0 Å². The van der Waals surface area contributed by atoms with Gasteiger partial charge in [0.15, 0.2) is 9.84 Å². The van der Waals surface area contributed by atoms with E-state index in [2.05, 4.69) is 0 Å². The lowest BCUT2D eigenvalue weighted by atomic mass is 10.1. The second-order valence-electron chi connectivity index (χ2n) is 5.35. The fourth-order valence-electron chi connectivity index (χ4n) is 1.99. The van der Waals surface area contributed by atoms with Crippen LogP contribution in [0.3, 0.4) is 0 Å². The van der Waals surface area contributed by atoms with E-state index in [1.807, 2.05) is 26.0 Å². The van der Waals surface area contributed by atoms with E-state index in [1.54, 1.807) is 26.2 Å². The first kappa shape index (κ1) is 17.0. The molecular weight excluding hydrogens is 274 g/mol. The number of hydrogen-bond donors (Lipinski definition) is 1. The molecule has 2 N–H and O–H groups in total. The van der Waals surface area contributed by atoms with Crippen LogP contribution in [0, 0.1) is 5.92 Å². The van der Waals surface area contributed by atoms with Crippen LogP contribution in [0.4, 0.5) is 0 Å². The highest BCUT2D eigenvalue weighted by Gasteiger charge is 2.29. The minimum absolute atomic E-state index is 0.158. The zero-order chi connectivity index (χ0) is 15.3. The monoisotopic (exact) mass is 299 g/mol. The summed E-state index contributed by atoms with van der Waals surface area (Å²) in [6.07, 6.45) is 0.851. The van der Waals surface area contributed by atoms with Crippen LogP contribution in [0.1, 0.15) is 38.8 Å². The molecule has 0 amide bonds. The molecule has 1 aromatic carbocycles. The lowest BCUT2D eigenvalue weighted by molar-refractivity contribution is 0.414. The van der Waals surface area contributed by atoms with Gasteiger partial charge in [0.1, 0.15) is 5.75 Å². The van der Waals surface area contributed by atoms with Gasteiger partial charge in [0.25, 0.3) is 0 Å². The molecule has 0 radical (unpaired) electrons. The first-order chi connectivity index (χ1) is 9.31. The number of hydrogen-bond acceptors (Lipinski definition) is 4. The van der Waals surface area contributed by atoms with Crippen LogP contribution in [0.25, 0.3) is 0 Å². The lowest BCUT2D eigenvalue weighted by Crippen LogP contribution is -2.34. The summed E-state index contributed by atoms with van der Waals surface area (Å²) in [4.78, 5) is 0. The molecule has 0 spiro atoms. The summed E-state index contributed by atoms with van der Waals surface area (Å²) >= 11 is 0.